The molecule has 0 amide bonds. The number of benzene rings is 2. The quantitative estimate of drug-likeness (QED) is 0.443. The number of sulfonamides is 1. The molecule has 2 aromatic carbocycles. The van der Waals surface area contributed by atoms with Crippen molar-refractivity contribution in [1.82, 2.24) is 19.7 Å². The predicted molar refractivity (Wildman–Crippen MR) is 115 cm³/mol. The molecule has 0 aliphatic carbocycles. The lowest BCUT2D eigenvalue weighted by Crippen LogP contribution is -2.11. The van der Waals surface area contributed by atoms with Crippen LogP contribution in [0.15, 0.2) is 45.7 Å². The van der Waals surface area contributed by atoms with Crippen LogP contribution in [0.1, 0.15) is 28.3 Å². The summed E-state index contributed by atoms with van der Waals surface area (Å²) in [7, 11) is -0.786. The van der Waals surface area contributed by atoms with Gasteiger partial charge in [0.2, 0.25) is 0 Å². The van der Waals surface area contributed by atoms with Crippen LogP contribution in [0.25, 0.3) is 5.69 Å². The van der Waals surface area contributed by atoms with Crippen molar-refractivity contribution in [2.24, 2.45) is 4.40 Å². The van der Waals surface area contributed by atoms with Crippen molar-refractivity contribution in [3.63, 3.8) is 0 Å². The molecule has 0 radical (unpaired) electrons. The molecule has 10 heteroatoms. The fourth-order valence-corrected chi connectivity index (χ4v) is 3.89. The van der Waals surface area contributed by atoms with Crippen LogP contribution in [0.2, 0.25) is 0 Å². The van der Waals surface area contributed by atoms with Gasteiger partial charge in [0.25, 0.3) is 10.0 Å². The van der Waals surface area contributed by atoms with Gasteiger partial charge in [-0.1, -0.05) is 23.8 Å². The fraction of sp³-hybridized carbons (Fsp3) is 0.286. The second kappa shape index (κ2) is 8.94. The van der Waals surface area contributed by atoms with Gasteiger partial charge in [-0.2, -0.15) is 8.42 Å². The molecule has 8 nitrogen and oxygen atoms in total. The van der Waals surface area contributed by atoms with Gasteiger partial charge in [0.1, 0.15) is 30.3 Å². The number of halogens is 1. The standard InChI is InChI=1S/C21H24FN5O3S/c1-14-5-6-15(2)16(9-14)10-21-24-20(12-28)25-27(21)19-8-7-17(11-18(19)22)31(29,30)23-13-26(3)4/h5-9,11,13,28H,10,12H2,1-4H3/b23-13+. The number of hydrogen-bond donors (Lipinski definition) is 1. The van der Waals surface area contributed by atoms with E-state index in [9.17, 15) is 17.9 Å². The van der Waals surface area contributed by atoms with Crippen LogP contribution >= 0.6 is 0 Å². The van der Waals surface area contributed by atoms with E-state index in [1.165, 1.54) is 21.7 Å². The van der Waals surface area contributed by atoms with E-state index in [1.807, 2.05) is 32.0 Å². The summed E-state index contributed by atoms with van der Waals surface area (Å²) in [5, 5.41) is 13.7. The van der Waals surface area contributed by atoms with Crippen molar-refractivity contribution in [2.75, 3.05) is 14.1 Å². The monoisotopic (exact) mass is 445 g/mol. The Hall–Kier alpha value is -3.11. The lowest BCUT2D eigenvalue weighted by Gasteiger charge is -2.10. The molecule has 0 saturated carbocycles. The molecule has 0 aliphatic heterocycles. The zero-order valence-corrected chi connectivity index (χ0v) is 18.6. The lowest BCUT2D eigenvalue weighted by molar-refractivity contribution is 0.271. The minimum atomic E-state index is -4.04. The van der Waals surface area contributed by atoms with Crippen molar-refractivity contribution >= 4 is 16.4 Å². The van der Waals surface area contributed by atoms with Crippen LogP contribution in [-0.2, 0) is 23.1 Å². The second-order valence-electron chi connectivity index (χ2n) is 7.39. The first-order chi connectivity index (χ1) is 14.6. The van der Waals surface area contributed by atoms with Gasteiger partial charge < -0.3 is 10.0 Å². The highest BCUT2D eigenvalue weighted by molar-refractivity contribution is 7.90. The number of aliphatic hydroxyl groups excluding tert-OH is 1. The highest BCUT2D eigenvalue weighted by Crippen LogP contribution is 2.22. The summed E-state index contributed by atoms with van der Waals surface area (Å²) in [6.07, 6.45) is 1.50. The molecule has 0 bridgehead atoms. The Kier molecular flexibility index (Phi) is 6.51. The summed E-state index contributed by atoms with van der Waals surface area (Å²) >= 11 is 0. The van der Waals surface area contributed by atoms with Gasteiger partial charge in [0, 0.05) is 20.5 Å². The number of nitrogens with zero attached hydrogens (tertiary/aromatic N) is 5. The number of aromatic nitrogens is 3. The van der Waals surface area contributed by atoms with E-state index in [0.717, 1.165) is 29.1 Å². The second-order valence-corrected chi connectivity index (χ2v) is 9.03. The molecule has 1 N–H and O–H groups in total. The van der Waals surface area contributed by atoms with E-state index >= 15 is 0 Å². The van der Waals surface area contributed by atoms with Crippen LogP contribution < -0.4 is 0 Å². The largest absolute Gasteiger partial charge is 0.388 e. The molecule has 3 rings (SSSR count). The summed E-state index contributed by atoms with van der Waals surface area (Å²) in [4.78, 5) is 5.51. The molecular weight excluding hydrogens is 421 g/mol. The Morgan fingerprint density at radius 2 is 1.94 bits per heavy atom. The summed E-state index contributed by atoms with van der Waals surface area (Å²) in [6, 6.07) is 9.49. The SMILES string of the molecule is Cc1ccc(C)c(Cc2nc(CO)nn2-c2ccc(S(=O)(=O)/N=C/N(C)C)cc2F)c1. The first-order valence-electron chi connectivity index (χ1n) is 9.49. The fourth-order valence-electron chi connectivity index (χ4n) is 2.96. The highest BCUT2D eigenvalue weighted by Gasteiger charge is 2.19. The van der Waals surface area contributed by atoms with Gasteiger partial charge in [-0.3, -0.25) is 0 Å². The molecule has 0 spiro atoms. The van der Waals surface area contributed by atoms with Crippen molar-refractivity contribution in [3.8, 4) is 5.69 Å². The van der Waals surface area contributed by atoms with E-state index < -0.39 is 22.4 Å². The van der Waals surface area contributed by atoms with Crippen molar-refractivity contribution in [1.29, 1.82) is 0 Å². The van der Waals surface area contributed by atoms with Crippen LogP contribution in [0.3, 0.4) is 0 Å². The number of aryl methyl sites for hydroxylation is 2. The molecule has 3 aromatic rings. The van der Waals surface area contributed by atoms with E-state index in [-0.39, 0.29) is 16.4 Å². The smallest absolute Gasteiger partial charge is 0.283 e. The van der Waals surface area contributed by atoms with Gasteiger partial charge in [-0.15, -0.1) is 9.50 Å². The molecule has 0 aliphatic rings. The molecular formula is C21H24FN5O3S. The van der Waals surface area contributed by atoms with E-state index in [1.54, 1.807) is 14.1 Å². The molecule has 1 heterocycles. The molecule has 1 aromatic heterocycles. The van der Waals surface area contributed by atoms with Gasteiger partial charge in [-0.25, -0.2) is 14.1 Å². The summed E-state index contributed by atoms with van der Waals surface area (Å²) in [5.74, 6) is -0.220. The third-order valence-electron chi connectivity index (χ3n) is 4.57. The van der Waals surface area contributed by atoms with Crippen LogP contribution in [0, 0.1) is 19.7 Å². The Bertz CT molecular complexity index is 1240. The molecule has 0 fully saturated rings. The molecule has 164 valence electrons. The normalized spacial score (nSPS) is 11.9. The minimum Gasteiger partial charge on any atom is -0.388 e. The average molecular weight is 446 g/mol. The lowest BCUT2D eigenvalue weighted by atomic mass is 10.0. The zero-order valence-electron chi connectivity index (χ0n) is 17.7. The summed E-state index contributed by atoms with van der Waals surface area (Å²) in [6.45, 7) is 3.54. The first-order valence-corrected chi connectivity index (χ1v) is 10.9. The summed E-state index contributed by atoms with van der Waals surface area (Å²) < 4.78 is 44.4. The molecule has 0 atom stereocenters. The third-order valence-corrected chi connectivity index (χ3v) is 5.80. The first kappa shape index (κ1) is 22.6. The molecule has 31 heavy (non-hydrogen) atoms. The average Bonchev–Trinajstić information content (AvgIpc) is 3.12. The van der Waals surface area contributed by atoms with Crippen LogP contribution in [0.5, 0.6) is 0 Å². The number of aliphatic hydroxyl groups is 1. The topological polar surface area (TPSA) is 101 Å². The van der Waals surface area contributed by atoms with Gasteiger partial charge >= 0.3 is 0 Å². The van der Waals surface area contributed by atoms with Gasteiger partial charge in [0.05, 0.1) is 4.90 Å². The summed E-state index contributed by atoms with van der Waals surface area (Å²) in [5.41, 5.74) is 3.15. The Morgan fingerprint density at radius 1 is 1.19 bits per heavy atom. The predicted octanol–water partition coefficient (Wildman–Crippen LogP) is 2.38. The van der Waals surface area contributed by atoms with Crippen molar-refractivity contribution < 1.29 is 17.9 Å². The Balaban J connectivity index is 2.03. The minimum absolute atomic E-state index is 0.0306. The third kappa shape index (κ3) is 5.15. The Morgan fingerprint density at radius 3 is 2.58 bits per heavy atom. The Labute approximate surface area is 180 Å². The van der Waals surface area contributed by atoms with E-state index in [4.69, 9.17) is 0 Å². The van der Waals surface area contributed by atoms with Crippen LogP contribution in [-0.4, -0.2) is 53.6 Å². The van der Waals surface area contributed by atoms with Gasteiger partial charge in [0.15, 0.2) is 5.82 Å². The molecule has 0 saturated heterocycles. The number of hydrogen-bond acceptors (Lipinski definition) is 5. The van der Waals surface area contributed by atoms with E-state index in [0.29, 0.717) is 12.2 Å². The van der Waals surface area contributed by atoms with Crippen molar-refractivity contribution in [2.45, 2.75) is 31.8 Å². The highest BCUT2D eigenvalue weighted by atomic mass is 32.2. The van der Waals surface area contributed by atoms with Crippen molar-refractivity contribution in [3.05, 3.63) is 70.6 Å². The molecule has 0 unspecified atom stereocenters. The maximum absolute atomic E-state index is 15.0. The van der Waals surface area contributed by atoms with E-state index in [2.05, 4.69) is 14.5 Å². The van der Waals surface area contributed by atoms with Gasteiger partial charge in [-0.05, 0) is 43.2 Å². The zero-order chi connectivity index (χ0) is 22.8. The number of rotatable bonds is 7. The van der Waals surface area contributed by atoms with Crippen LogP contribution in [0.4, 0.5) is 4.39 Å². The maximum Gasteiger partial charge on any atom is 0.283 e. The maximum atomic E-state index is 15.0.